The third-order valence-corrected chi connectivity index (χ3v) is 6.89. The molecular formula is C14H24N2O3S. The van der Waals surface area contributed by atoms with E-state index in [2.05, 4.69) is 10.6 Å². The summed E-state index contributed by atoms with van der Waals surface area (Å²) < 4.78 is 23.1. The summed E-state index contributed by atoms with van der Waals surface area (Å²) in [6.45, 7) is 1.85. The van der Waals surface area contributed by atoms with E-state index in [1.807, 2.05) is 6.92 Å². The maximum absolute atomic E-state index is 12.2. The SMILES string of the molecule is CC1(NC(=O)CC2CC3CCC(C2)N3)CCS(=O)(=O)C1. The zero-order chi connectivity index (χ0) is 14.4. The van der Waals surface area contributed by atoms with Gasteiger partial charge in [-0.1, -0.05) is 0 Å². The van der Waals surface area contributed by atoms with Gasteiger partial charge in [-0.05, 0) is 44.9 Å². The number of sulfone groups is 1. The third kappa shape index (κ3) is 3.17. The summed E-state index contributed by atoms with van der Waals surface area (Å²) in [5.74, 6) is 0.760. The molecule has 3 aliphatic rings. The van der Waals surface area contributed by atoms with Crippen molar-refractivity contribution in [3.8, 4) is 0 Å². The molecular weight excluding hydrogens is 276 g/mol. The second-order valence-electron chi connectivity index (χ2n) is 7.13. The van der Waals surface area contributed by atoms with E-state index in [0.29, 0.717) is 30.8 Å². The number of fused-ring (bicyclic) bond motifs is 2. The van der Waals surface area contributed by atoms with Gasteiger partial charge in [0.2, 0.25) is 5.91 Å². The molecule has 3 saturated heterocycles. The van der Waals surface area contributed by atoms with Crippen molar-refractivity contribution in [2.24, 2.45) is 5.92 Å². The van der Waals surface area contributed by atoms with Crippen LogP contribution in [0.15, 0.2) is 0 Å². The molecule has 114 valence electrons. The Morgan fingerprint density at radius 3 is 2.50 bits per heavy atom. The molecule has 5 nitrogen and oxygen atoms in total. The lowest BCUT2D eigenvalue weighted by molar-refractivity contribution is -0.123. The molecule has 3 rings (SSSR count). The topological polar surface area (TPSA) is 75.3 Å². The average Bonchev–Trinajstić information content (AvgIpc) is 2.78. The van der Waals surface area contributed by atoms with Crippen LogP contribution in [-0.4, -0.2) is 43.5 Å². The second kappa shape index (κ2) is 4.98. The van der Waals surface area contributed by atoms with E-state index in [-0.39, 0.29) is 17.4 Å². The lowest BCUT2D eigenvalue weighted by Gasteiger charge is -2.30. The fraction of sp³-hybridized carbons (Fsp3) is 0.929. The number of hydrogen-bond donors (Lipinski definition) is 2. The van der Waals surface area contributed by atoms with Crippen LogP contribution in [0.4, 0.5) is 0 Å². The van der Waals surface area contributed by atoms with Crippen molar-refractivity contribution in [2.45, 2.75) is 63.1 Å². The fourth-order valence-electron chi connectivity index (χ4n) is 4.10. The number of carbonyl (C=O) groups is 1. The van der Waals surface area contributed by atoms with Crippen LogP contribution in [0.1, 0.15) is 45.4 Å². The molecule has 0 radical (unpaired) electrons. The van der Waals surface area contributed by atoms with Gasteiger partial charge in [-0.15, -0.1) is 0 Å². The normalized spacial score (nSPS) is 42.5. The first-order valence-electron chi connectivity index (χ1n) is 7.61. The van der Waals surface area contributed by atoms with E-state index in [1.165, 1.54) is 12.8 Å². The van der Waals surface area contributed by atoms with Gasteiger partial charge in [-0.3, -0.25) is 4.79 Å². The van der Waals surface area contributed by atoms with Crippen LogP contribution in [0.3, 0.4) is 0 Å². The molecule has 20 heavy (non-hydrogen) atoms. The number of amides is 1. The van der Waals surface area contributed by atoms with Gasteiger partial charge in [0.15, 0.2) is 9.84 Å². The molecule has 2 bridgehead atoms. The van der Waals surface area contributed by atoms with Crippen LogP contribution < -0.4 is 10.6 Å². The van der Waals surface area contributed by atoms with Crippen molar-refractivity contribution >= 4 is 15.7 Å². The van der Waals surface area contributed by atoms with Gasteiger partial charge in [-0.25, -0.2) is 8.42 Å². The highest BCUT2D eigenvalue weighted by molar-refractivity contribution is 7.91. The summed E-state index contributed by atoms with van der Waals surface area (Å²) in [4.78, 5) is 12.2. The standard InChI is InChI=1S/C14H24N2O3S/c1-14(4-5-20(18,19)9-14)16-13(17)8-10-6-11-2-3-12(7-10)15-11/h10-12,15H,2-9H2,1H3,(H,16,17). The van der Waals surface area contributed by atoms with Crippen molar-refractivity contribution in [1.82, 2.24) is 10.6 Å². The molecule has 3 heterocycles. The molecule has 6 heteroatoms. The number of rotatable bonds is 3. The summed E-state index contributed by atoms with van der Waals surface area (Å²) in [6, 6.07) is 1.18. The van der Waals surface area contributed by atoms with Crippen LogP contribution >= 0.6 is 0 Å². The number of hydrogen-bond acceptors (Lipinski definition) is 4. The first kappa shape index (κ1) is 14.3. The van der Waals surface area contributed by atoms with Gasteiger partial charge in [-0.2, -0.15) is 0 Å². The molecule has 0 aromatic carbocycles. The molecule has 0 saturated carbocycles. The van der Waals surface area contributed by atoms with Crippen molar-refractivity contribution in [2.75, 3.05) is 11.5 Å². The molecule has 3 unspecified atom stereocenters. The highest BCUT2D eigenvalue weighted by Crippen LogP contribution is 2.33. The quantitative estimate of drug-likeness (QED) is 0.800. The fourth-order valence-corrected chi connectivity index (χ4v) is 6.19. The summed E-state index contributed by atoms with van der Waals surface area (Å²) in [7, 11) is -2.96. The molecule has 0 spiro atoms. The minimum atomic E-state index is -2.96. The minimum absolute atomic E-state index is 0.0240. The Kier molecular flexibility index (Phi) is 3.57. The van der Waals surface area contributed by atoms with Crippen LogP contribution in [0, 0.1) is 5.92 Å². The van der Waals surface area contributed by atoms with E-state index < -0.39 is 15.4 Å². The highest BCUT2D eigenvalue weighted by atomic mass is 32.2. The minimum Gasteiger partial charge on any atom is -0.350 e. The number of piperidine rings is 1. The van der Waals surface area contributed by atoms with E-state index in [0.717, 1.165) is 12.8 Å². The first-order valence-corrected chi connectivity index (χ1v) is 9.43. The van der Waals surface area contributed by atoms with Crippen LogP contribution in [0.5, 0.6) is 0 Å². The van der Waals surface area contributed by atoms with E-state index in [9.17, 15) is 13.2 Å². The summed E-state index contributed by atoms with van der Waals surface area (Å²) in [6.07, 6.45) is 5.72. The zero-order valence-corrected chi connectivity index (χ0v) is 12.8. The van der Waals surface area contributed by atoms with Crippen LogP contribution in [-0.2, 0) is 14.6 Å². The third-order valence-electron chi connectivity index (χ3n) is 4.99. The molecule has 0 aromatic rings. The zero-order valence-electron chi connectivity index (χ0n) is 12.0. The Labute approximate surface area is 120 Å². The predicted molar refractivity (Wildman–Crippen MR) is 77.1 cm³/mol. The lowest BCUT2D eigenvalue weighted by atomic mass is 9.89. The Morgan fingerprint density at radius 1 is 1.30 bits per heavy atom. The molecule has 3 atom stereocenters. The Morgan fingerprint density at radius 2 is 1.95 bits per heavy atom. The molecule has 3 aliphatic heterocycles. The van der Waals surface area contributed by atoms with E-state index >= 15 is 0 Å². The monoisotopic (exact) mass is 300 g/mol. The molecule has 3 fully saturated rings. The Hall–Kier alpha value is -0.620. The Balaban J connectivity index is 1.53. The van der Waals surface area contributed by atoms with Gasteiger partial charge < -0.3 is 10.6 Å². The van der Waals surface area contributed by atoms with Gasteiger partial charge in [0.25, 0.3) is 0 Å². The molecule has 2 N–H and O–H groups in total. The second-order valence-corrected chi connectivity index (χ2v) is 9.31. The van der Waals surface area contributed by atoms with Crippen molar-refractivity contribution in [3.63, 3.8) is 0 Å². The molecule has 0 aromatic heterocycles. The average molecular weight is 300 g/mol. The van der Waals surface area contributed by atoms with Crippen LogP contribution in [0.2, 0.25) is 0 Å². The first-order chi connectivity index (χ1) is 9.34. The predicted octanol–water partition coefficient (Wildman–Crippen LogP) is 0.601. The maximum atomic E-state index is 12.2. The van der Waals surface area contributed by atoms with Crippen LogP contribution in [0.25, 0.3) is 0 Å². The smallest absolute Gasteiger partial charge is 0.220 e. The summed E-state index contributed by atoms with van der Waals surface area (Å²) >= 11 is 0. The highest BCUT2D eigenvalue weighted by Gasteiger charge is 2.40. The summed E-state index contributed by atoms with van der Waals surface area (Å²) in [5.41, 5.74) is -0.554. The molecule has 0 aliphatic carbocycles. The number of nitrogens with one attached hydrogen (secondary N) is 2. The van der Waals surface area contributed by atoms with Gasteiger partial charge in [0.1, 0.15) is 0 Å². The van der Waals surface area contributed by atoms with Gasteiger partial charge >= 0.3 is 0 Å². The summed E-state index contributed by atoms with van der Waals surface area (Å²) in [5, 5.41) is 6.54. The lowest BCUT2D eigenvalue weighted by Crippen LogP contribution is -2.48. The van der Waals surface area contributed by atoms with Gasteiger partial charge in [0.05, 0.1) is 17.0 Å². The van der Waals surface area contributed by atoms with Gasteiger partial charge in [0, 0.05) is 18.5 Å². The van der Waals surface area contributed by atoms with Crippen molar-refractivity contribution in [1.29, 1.82) is 0 Å². The van der Waals surface area contributed by atoms with E-state index in [1.54, 1.807) is 0 Å². The van der Waals surface area contributed by atoms with Crippen molar-refractivity contribution in [3.05, 3.63) is 0 Å². The van der Waals surface area contributed by atoms with E-state index in [4.69, 9.17) is 0 Å². The van der Waals surface area contributed by atoms with Crippen molar-refractivity contribution < 1.29 is 13.2 Å². The maximum Gasteiger partial charge on any atom is 0.220 e. The molecule has 1 amide bonds. The Bertz CT molecular complexity index is 493. The largest absolute Gasteiger partial charge is 0.350 e. The number of carbonyl (C=O) groups excluding carboxylic acids is 1.